The minimum Gasteiger partial charge on any atom is -0.508 e. The lowest BCUT2D eigenvalue weighted by molar-refractivity contribution is 0.0634. The average Bonchev–Trinajstić information content (AvgIpc) is 2.88. The Morgan fingerprint density at radius 2 is 1.96 bits per heavy atom. The number of carboxylic acid groups (broad SMARTS) is 1. The van der Waals surface area contributed by atoms with E-state index in [4.69, 9.17) is 9.84 Å². The highest BCUT2D eigenvalue weighted by Crippen LogP contribution is 2.31. The number of aromatic hydroxyl groups is 1. The molecule has 4 N–H and O–H groups in total. The lowest BCUT2D eigenvalue weighted by Gasteiger charge is -2.20. The lowest BCUT2D eigenvalue weighted by Crippen LogP contribution is -2.27. The van der Waals surface area contributed by atoms with Crippen molar-refractivity contribution in [2.45, 2.75) is 26.4 Å². The van der Waals surface area contributed by atoms with Crippen LogP contribution in [-0.4, -0.2) is 38.1 Å². The average molecular weight is 319 g/mol. The molecule has 1 aromatic heterocycles. The summed E-state index contributed by atoms with van der Waals surface area (Å²) in [7, 11) is 0. The van der Waals surface area contributed by atoms with Crippen LogP contribution in [0.4, 0.5) is 10.5 Å². The second kappa shape index (κ2) is 5.99. The Morgan fingerprint density at radius 3 is 2.52 bits per heavy atom. The van der Waals surface area contributed by atoms with Gasteiger partial charge in [-0.2, -0.15) is 5.10 Å². The van der Waals surface area contributed by atoms with Gasteiger partial charge in [-0.3, -0.25) is 10.4 Å². The SMILES string of the molecule is CC(C)(C)OC(=O)Nc1ccc(O)cc1-c1cc(C(=O)O)[nH]n1. The number of phenolic OH excluding ortho intramolecular Hbond substituents is 1. The van der Waals surface area contributed by atoms with Crippen molar-refractivity contribution in [2.24, 2.45) is 0 Å². The first-order valence-electron chi connectivity index (χ1n) is 6.78. The van der Waals surface area contributed by atoms with E-state index in [0.29, 0.717) is 11.3 Å². The highest BCUT2D eigenvalue weighted by Gasteiger charge is 2.19. The van der Waals surface area contributed by atoms with Gasteiger partial charge in [0, 0.05) is 5.56 Å². The van der Waals surface area contributed by atoms with Crippen LogP contribution in [-0.2, 0) is 4.74 Å². The summed E-state index contributed by atoms with van der Waals surface area (Å²) in [4.78, 5) is 22.8. The summed E-state index contributed by atoms with van der Waals surface area (Å²) in [5.41, 5.74) is 0.195. The number of rotatable bonds is 3. The fourth-order valence-corrected chi connectivity index (χ4v) is 1.84. The van der Waals surface area contributed by atoms with E-state index in [0.717, 1.165) is 0 Å². The third-order valence-electron chi connectivity index (χ3n) is 2.72. The van der Waals surface area contributed by atoms with Gasteiger partial charge in [-0.15, -0.1) is 0 Å². The van der Waals surface area contributed by atoms with Gasteiger partial charge in [-0.1, -0.05) is 0 Å². The van der Waals surface area contributed by atoms with Crippen molar-refractivity contribution in [3.63, 3.8) is 0 Å². The molecule has 0 fully saturated rings. The Bertz CT molecular complexity index is 746. The third kappa shape index (κ3) is 4.22. The van der Waals surface area contributed by atoms with Crippen LogP contribution in [0, 0.1) is 0 Å². The third-order valence-corrected chi connectivity index (χ3v) is 2.72. The number of carbonyl (C=O) groups excluding carboxylic acids is 1. The summed E-state index contributed by atoms with van der Waals surface area (Å²) < 4.78 is 5.17. The van der Waals surface area contributed by atoms with Crippen LogP contribution >= 0.6 is 0 Å². The van der Waals surface area contributed by atoms with Crippen LogP contribution in [0.15, 0.2) is 24.3 Å². The molecule has 8 nitrogen and oxygen atoms in total. The highest BCUT2D eigenvalue weighted by molar-refractivity contribution is 5.93. The predicted molar refractivity (Wildman–Crippen MR) is 82.5 cm³/mol. The Balaban J connectivity index is 2.33. The molecule has 0 atom stereocenters. The number of anilines is 1. The zero-order chi connectivity index (χ0) is 17.2. The van der Waals surface area contributed by atoms with E-state index in [-0.39, 0.29) is 17.1 Å². The summed E-state index contributed by atoms with van der Waals surface area (Å²) in [5, 5.41) is 27.4. The van der Waals surface area contributed by atoms with Gasteiger partial charge in [0.1, 0.15) is 17.0 Å². The van der Waals surface area contributed by atoms with Crippen LogP contribution < -0.4 is 5.32 Å². The van der Waals surface area contributed by atoms with Crippen molar-refractivity contribution in [1.82, 2.24) is 10.2 Å². The molecule has 2 rings (SSSR count). The fraction of sp³-hybridized carbons (Fsp3) is 0.267. The Labute approximate surface area is 132 Å². The van der Waals surface area contributed by atoms with Crippen LogP contribution in [0.1, 0.15) is 31.3 Å². The predicted octanol–water partition coefficient (Wildman–Crippen LogP) is 2.83. The topological polar surface area (TPSA) is 125 Å². The van der Waals surface area contributed by atoms with Crippen LogP contribution in [0.25, 0.3) is 11.3 Å². The van der Waals surface area contributed by atoms with E-state index in [9.17, 15) is 14.7 Å². The molecule has 1 aromatic carbocycles. The first kappa shape index (κ1) is 16.3. The maximum absolute atomic E-state index is 11.9. The van der Waals surface area contributed by atoms with Gasteiger partial charge in [-0.25, -0.2) is 9.59 Å². The summed E-state index contributed by atoms with van der Waals surface area (Å²) in [6, 6.07) is 5.54. The molecule has 1 heterocycles. The van der Waals surface area contributed by atoms with Gasteiger partial charge in [0.25, 0.3) is 0 Å². The number of aromatic amines is 1. The van der Waals surface area contributed by atoms with Gasteiger partial charge in [-0.05, 0) is 45.0 Å². The molecule has 2 aromatic rings. The van der Waals surface area contributed by atoms with Gasteiger partial charge >= 0.3 is 12.1 Å². The summed E-state index contributed by atoms with van der Waals surface area (Å²) in [6.07, 6.45) is -0.668. The molecule has 122 valence electrons. The normalized spacial score (nSPS) is 11.1. The van der Waals surface area contributed by atoms with Gasteiger partial charge in [0.2, 0.25) is 0 Å². The molecule has 0 bridgehead atoms. The van der Waals surface area contributed by atoms with E-state index in [2.05, 4.69) is 15.5 Å². The lowest BCUT2D eigenvalue weighted by atomic mass is 10.1. The van der Waals surface area contributed by atoms with Crippen molar-refractivity contribution in [3.05, 3.63) is 30.0 Å². The van der Waals surface area contributed by atoms with E-state index in [1.807, 2.05) is 0 Å². The number of phenols is 1. The van der Waals surface area contributed by atoms with E-state index in [1.165, 1.54) is 24.3 Å². The molecule has 8 heteroatoms. The minimum absolute atomic E-state index is 0.0467. The minimum atomic E-state index is -1.16. The molecule has 0 radical (unpaired) electrons. The number of aromatic carboxylic acids is 1. The van der Waals surface area contributed by atoms with Crippen molar-refractivity contribution in [2.75, 3.05) is 5.32 Å². The number of nitrogens with one attached hydrogen (secondary N) is 2. The van der Waals surface area contributed by atoms with Crippen LogP contribution in [0.5, 0.6) is 5.75 Å². The standard InChI is InChI=1S/C15H17N3O5/c1-15(2,3)23-14(22)16-10-5-4-8(19)6-9(10)11-7-12(13(20)21)18-17-11/h4-7,19H,1-3H3,(H,16,22)(H,17,18)(H,20,21). The largest absolute Gasteiger partial charge is 0.508 e. The number of nitrogens with zero attached hydrogens (tertiary/aromatic N) is 1. The second-order valence-corrected chi connectivity index (χ2v) is 5.83. The summed E-state index contributed by atoms with van der Waals surface area (Å²) in [5.74, 6) is -1.21. The monoisotopic (exact) mass is 319 g/mol. The molecular weight excluding hydrogens is 302 g/mol. The quantitative estimate of drug-likeness (QED) is 0.645. The molecule has 23 heavy (non-hydrogen) atoms. The second-order valence-electron chi connectivity index (χ2n) is 5.83. The molecule has 0 aliphatic carbocycles. The number of ether oxygens (including phenoxy) is 1. The van der Waals surface area contributed by atoms with Gasteiger partial charge in [0.15, 0.2) is 0 Å². The Hall–Kier alpha value is -3.03. The first-order valence-corrected chi connectivity index (χ1v) is 6.78. The molecule has 0 saturated heterocycles. The fourth-order valence-electron chi connectivity index (χ4n) is 1.84. The van der Waals surface area contributed by atoms with Crippen molar-refractivity contribution in [1.29, 1.82) is 0 Å². The molecular formula is C15H17N3O5. The van der Waals surface area contributed by atoms with Crippen LogP contribution in [0.3, 0.4) is 0 Å². The van der Waals surface area contributed by atoms with Crippen molar-refractivity contribution >= 4 is 17.7 Å². The van der Waals surface area contributed by atoms with Crippen LogP contribution in [0.2, 0.25) is 0 Å². The zero-order valence-corrected chi connectivity index (χ0v) is 12.9. The molecule has 1 amide bonds. The molecule has 0 spiro atoms. The first-order chi connectivity index (χ1) is 10.7. The van der Waals surface area contributed by atoms with Gasteiger partial charge < -0.3 is 14.9 Å². The molecule has 0 saturated carbocycles. The highest BCUT2D eigenvalue weighted by atomic mass is 16.6. The zero-order valence-electron chi connectivity index (χ0n) is 12.9. The van der Waals surface area contributed by atoms with E-state index in [1.54, 1.807) is 20.8 Å². The number of aromatic nitrogens is 2. The smallest absolute Gasteiger partial charge is 0.412 e. The number of hydrogen-bond acceptors (Lipinski definition) is 5. The molecule has 0 aliphatic rings. The van der Waals surface area contributed by atoms with E-state index < -0.39 is 17.7 Å². The number of H-pyrrole nitrogens is 1. The number of carboxylic acids is 1. The van der Waals surface area contributed by atoms with Gasteiger partial charge in [0.05, 0.1) is 11.4 Å². The maximum Gasteiger partial charge on any atom is 0.412 e. The number of amides is 1. The Morgan fingerprint density at radius 1 is 1.26 bits per heavy atom. The Kier molecular flexibility index (Phi) is 4.26. The summed E-state index contributed by atoms with van der Waals surface area (Å²) in [6.45, 7) is 5.20. The molecule has 0 unspecified atom stereocenters. The number of hydrogen-bond donors (Lipinski definition) is 4. The maximum atomic E-state index is 11.9. The number of carbonyl (C=O) groups is 2. The molecule has 0 aliphatic heterocycles. The van der Waals surface area contributed by atoms with Crippen molar-refractivity contribution in [3.8, 4) is 17.0 Å². The number of benzene rings is 1. The van der Waals surface area contributed by atoms with Crippen molar-refractivity contribution < 1.29 is 24.5 Å². The summed E-state index contributed by atoms with van der Waals surface area (Å²) >= 11 is 0. The van der Waals surface area contributed by atoms with E-state index >= 15 is 0 Å².